The van der Waals surface area contributed by atoms with Gasteiger partial charge >= 0.3 is 0 Å². The van der Waals surface area contributed by atoms with E-state index in [-0.39, 0.29) is 5.78 Å². The fraction of sp³-hybridized carbons (Fsp3) is 0.500. The van der Waals surface area contributed by atoms with Gasteiger partial charge in [0, 0.05) is 23.6 Å². The Morgan fingerprint density at radius 2 is 2.22 bits per heavy atom. The minimum atomic E-state index is 0.215. The summed E-state index contributed by atoms with van der Waals surface area (Å²) < 4.78 is 5.76. The van der Waals surface area contributed by atoms with Crippen molar-refractivity contribution in [1.82, 2.24) is 4.90 Å². The van der Waals surface area contributed by atoms with Crippen LogP contribution in [0.25, 0.3) is 0 Å². The molecule has 1 aromatic carbocycles. The summed E-state index contributed by atoms with van der Waals surface area (Å²) in [6, 6.07) is 5.87. The molecule has 1 aliphatic rings. The molecule has 0 fully saturated rings. The molecule has 1 aromatic rings. The molecule has 4 heteroatoms. The molecule has 0 radical (unpaired) electrons. The lowest BCUT2D eigenvalue weighted by Crippen LogP contribution is -2.16. The molecule has 1 heterocycles. The van der Waals surface area contributed by atoms with E-state index in [9.17, 15) is 4.79 Å². The highest BCUT2D eigenvalue weighted by Gasteiger charge is 2.21. The van der Waals surface area contributed by atoms with Crippen molar-refractivity contribution in [1.29, 1.82) is 0 Å². The van der Waals surface area contributed by atoms with Gasteiger partial charge in [-0.25, -0.2) is 0 Å². The van der Waals surface area contributed by atoms with Gasteiger partial charge in [-0.05, 0) is 32.6 Å². The maximum Gasteiger partial charge on any atom is 0.168 e. The van der Waals surface area contributed by atoms with Crippen LogP contribution in [0.1, 0.15) is 23.2 Å². The zero-order valence-corrected chi connectivity index (χ0v) is 11.8. The summed E-state index contributed by atoms with van der Waals surface area (Å²) in [5.41, 5.74) is 0.790. The predicted molar refractivity (Wildman–Crippen MR) is 74.8 cm³/mol. The summed E-state index contributed by atoms with van der Waals surface area (Å²) >= 11 is 1.74. The number of fused-ring (bicyclic) bond motifs is 1. The van der Waals surface area contributed by atoms with Crippen LogP contribution in [-0.4, -0.2) is 43.7 Å². The fourth-order valence-electron chi connectivity index (χ4n) is 1.97. The highest BCUT2D eigenvalue weighted by Crippen LogP contribution is 2.35. The average molecular weight is 265 g/mol. The maximum absolute atomic E-state index is 11.9. The minimum absolute atomic E-state index is 0.215. The number of hydrogen-bond acceptors (Lipinski definition) is 4. The lowest BCUT2D eigenvalue weighted by Gasteiger charge is -2.18. The molecule has 2 rings (SSSR count). The number of benzene rings is 1. The molecule has 1 aliphatic heterocycles. The van der Waals surface area contributed by atoms with E-state index in [1.54, 1.807) is 11.8 Å². The van der Waals surface area contributed by atoms with Crippen molar-refractivity contribution in [3.8, 4) is 5.75 Å². The number of ketones is 1. The molecular weight excluding hydrogens is 246 g/mol. The third kappa shape index (κ3) is 3.27. The molecule has 0 aromatic heterocycles. The van der Waals surface area contributed by atoms with Crippen molar-refractivity contribution in [2.45, 2.75) is 17.7 Å². The van der Waals surface area contributed by atoms with Crippen LogP contribution in [0.5, 0.6) is 5.75 Å². The van der Waals surface area contributed by atoms with Gasteiger partial charge in [0.15, 0.2) is 5.78 Å². The first-order valence-electron chi connectivity index (χ1n) is 6.25. The Kier molecular flexibility index (Phi) is 4.66. The number of ether oxygens (including phenoxy) is 1. The normalized spacial score (nSPS) is 14.7. The Morgan fingerprint density at radius 1 is 1.39 bits per heavy atom. The van der Waals surface area contributed by atoms with Crippen LogP contribution < -0.4 is 4.74 Å². The maximum atomic E-state index is 11.9. The van der Waals surface area contributed by atoms with Crippen LogP contribution >= 0.6 is 11.8 Å². The number of thioether (sulfide) groups is 1. The van der Waals surface area contributed by atoms with E-state index in [0.717, 1.165) is 34.9 Å². The Balaban J connectivity index is 2.02. The standard InChI is InChI=1S/C14H19NO2S/c1-15(2)8-4-9-17-12-5-3-6-13-14(12)11(16)7-10-18-13/h3,5-6H,4,7-10H2,1-2H3. The SMILES string of the molecule is CN(C)CCCOc1cccc2c1C(=O)CCS2. The average Bonchev–Trinajstić information content (AvgIpc) is 2.34. The van der Waals surface area contributed by atoms with Crippen LogP contribution in [0, 0.1) is 0 Å². The molecule has 0 unspecified atom stereocenters. The second-order valence-electron chi connectivity index (χ2n) is 4.66. The molecule has 0 aliphatic carbocycles. The van der Waals surface area contributed by atoms with Gasteiger partial charge in [-0.15, -0.1) is 11.8 Å². The molecule has 0 saturated carbocycles. The van der Waals surface area contributed by atoms with Crippen LogP contribution in [0.3, 0.4) is 0 Å². The van der Waals surface area contributed by atoms with E-state index in [1.807, 2.05) is 32.3 Å². The molecule has 0 atom stereocenters. The van der Waals surface area contributed by atoms with Crippen LogP contribution in [-0.2, 0) is 0 Å². The smallest absolute Gasteiger partial charge is 0.168 e. The number of hydrogen-bond donors (Lipinski definition) is 0. The fourth-order valence-corrected chi connectivity index (χ4v) is 3.01. The summed E-state index contributed by atoms with van der Waals surface area (Å²) in [7, 11) is 4.09. The van der Waals surface area contributed by atoms with E-state index in [4.69, 9.17) is 4.74 Å². The molecule has 0 saturated heterocycles. The van der Waals surface area contributed by atoms with Gasteiger partial charge in [-0.3, -0.25) is 4.79 Å². The number of carbonyl (C=O) groups is 1. The third-order valence-corrected chi connectivity index (χ3v) is 3.92. The van der Waals surface area contributed by atoms with Gasteiger partial charge in [0.2, 0.25) is 0 Å². The van der Waals surface area contributed by atoms with Gasteiger partial charge in [-0.2, -0.15) is 0 Å². The molecule has 0 N–H and O–H groups in total. The number of carbonyl (C=O) groups excluding carboxylic acids is 1. The zero-order valence-electron chi connectivity index (χ0n) is 10.9. The lowest BCUT2D eigenvalue weighted by atomic mass is 10.1. The second kappa shape index (κ2) is 6.25. The van der Waals surface area contributed by atoms with Gasteiger partial charge in [-0.1, -0.05) is 6.07 Å². The molecular formula is C14H19NO2S. The van der Waals surface area contributed by atoms with Crippen molar-refractivity contribution < 1.29 is 9.53 Å². The Labute approximate surface area is 113 Å². The summed E-state index contributed by atoms with van der Waals surface area (Å²) in [5.74, 6) is 1.85. The van der Waals surface area contributed by atoms with E-state index in [2.05, 4.69) is 4.90 Å². The largest absolute Gasteiger partial charge is 0.493 e. The summed E-state index contributed by atoms with van der Waals surface area (Å²) in [4.78, 5) is 15.1. The van der Waals surface area contributed by atoms with E-state index >= 15 is 0 Å². The highest BCUT2D eigenvalue weighted by molar-refractivity contribution is 7.99. The summed E-state index contributed by atoms with van der Waals surface area (Å²) in [6.45, 7) is 1.66. The molecule has 3 nitrogen and oxygen atoms in total. The van der Waals surface area contributed by atoms with Gasteiger partial charge < -0.3 is 9.64 Å². The van der Waals surface area contributed by atoms with Crippen molar-refractivity contribution in [3.05, 3.63) is 23.8 Å². The Bertz CT molecular complexity index is 432. The molecule has 0 spiro atoms. The lowest BCUT2D eigenvalue weighted by molar-refractivity contribution is 0.0980. The molecule has 18 heavy (non-hydrogen) atoms. The topological polar surface area (TPSA) is 29.5 Å². The van der Waals surface area contributed by atoms with Crippen LogP contribution in [0.4, 0.5) is 0 Å². The van der Waals surface area contributed by atoms with Crippen LogP contribution in [0.2, 0.25) is 0 Å². The van der Waals surface area contributed by atoms with E-state index < -0.39 is 0 Å². The van der Waals surface area contributed by atoms with Crippen molar-refractivity contribution in [2.75, 3.05) is 33.0 Å². The van der Waals surface area contributed by atoms with Gasteiger partial charge in [0.05, 0.1) is 12.2 Å². The third-order valence-electron chi connectivity index (χ3n) is 2.86. The predicted octanol–water partition coefficient (Wildman–Crippen LogP) is 2.70. The Hall–Kier alpha value is -1.000. The van der Waals surface area contributed by atoms with Gasteiger partial charge in [0.25, 0.3) is 0 Å². The first kappa shape index (κ1) is 13.4. The number of rotatable bonds is 5. The number of nitrogens with zero attached hydrogens (tertiary/aromatic N) is 1. The number of Topliss-reactive ketones (excluding diaryl/α,β-unsaturated/α-hetero) is 1. The van der Waals surface area contributed by atoms with Crippen LogP contribution in [0.15, 0.2) is 23.1 Å². The van der Waals surface area contributed by atoms with Crippen molar-refractivity contribution in [3.63, 3.8) is 0 Å². The zero-order chi connectivity index (χ0) is 13.0. The molecule has 0 bridgehead atoms. The monoisotopic (exact) mass is 265 g/mol. The Morgan fingerprint density at radius 3 is 3.00 bits per heavy atom. The minimum Gasteiger partial charge on any atom is -0.493 e. The van der Waals surface area contributed by atoms with Gasteiger partial charge in [0.1, 0.15) is 5.75 Å². The van der Waals surface area contributed by atoms with Crippen molar-refractivity contribution >= 4 is 17.5 Å². The molecule has 98 valence electrons. The van der Waals surface area contributed by atoms with E-state index in [1.165, 1.54) is 0 Å². The highest BCUT2D eigenvalue weighted by atomic mass is 32.2. The molecule has 0 amide bonds. The first-order chi connectivity index (χ1) is 8.68. The summed E-state index contributed by atoms with van der Waals surface area (Å²) in [6.07, 6.45) is 1.59. The first-order valence-corrected chi connectivity index (χ1v) is 7.23. The second-order valence-corrected chi connectivity index (χ2v) is 5.79. The van der Waals surface area contributed by atoms with E-state index in [0.29, 0.717) is 13.0 Å². The summed E-state index contributed by atoms with van der Waals surface area (Å²) in [5, 5.41) is 0. The quantitative estimate of drug-likeness (QED) is 0.766. The van der Waals surface area contributed by atoms with Crippen molar-refractivity contribution in [2.24, 2.45) is 0 Å².